The Hall–Kier alpha value is -3.53. The van der Waals surface area contributed by atoms with Gasteiger partial charge in [0, 0.05) is 13.1 Å². The van der Waals surface area contributed by atoms with Crippen molar-refractivity contribution in [3.05, 3.63) is 144 Å². The summed E-state index contributed by atoms with van der Waals surface area (Å²) >= 11 is 11.2. The summed E-state index contributed by atoms with van der Waals surface area (Å²) in [5.74, 6) is 0. The minimum Gasteiger partial charge on any atom is -0.363 e. The smallest absolute Gasteiger partial charge is 0.167 e. The van der Waals surface area contributed by atoms with Gasteiger partial charge in [0.15, 0.2) is 10.2 Å². The van der Waals surface area contributed by atoms with Crippen molar-refractivity contribution in [2.45, 2.75) is 44.2 Å². The molecule has 0 fully saturated rings. The molecule has 0 aliphatic rings. The highest BCUT2D eigenvalue weighted by Gasteiger charge is 2.15. The molecule has 0 saturated carbocycles. The lowest BCUT2D eigenvalue weighted by Gasteiger charge is -2.22. The average Bonchev–Trinajstić information content (AvgIpc) is 3.12. The number of unbranched alkanes of at least 4 members (excludes halogenated alkanes) is 2. The zero-order chi connectivity index (χ0) is 32.8. The third kappa shape index (κ3) is 14.7. The standard InChI is InChI=1S/C39H50N6S2.ClH/c46-38(44-36(32-18-6-1-7-19-32)33-20-8-2-9-21-33)42-30-16-28-40-26-14-5-15-27-41-29-17-31-43-39(47)45-37(34-22-10-3-11-23-34)35-24-12-4-13-25-35;/h1-4,6-13,18-25,36-37,40-41H,5,14-17,26-31H2,(H2,42,44,46)(H2,43,45,47);1H. The first-order valence-electron chi connectivity index (χ1n) is 16.9. The van der Waals surface area contributed by atoms with Crippen LogP contribution in [0.3, 0.4) is 0 Å². The second-order valence-electron chi connectivity index (χ2n) is 11.6. The summed E-state index contributed by atoms with van der Waals surface area (Å²) < 4.78 is 0. The fourth-order valence-electron chi connectivity index (χ4n) is 5.42. The van der Waals surface area contributed by atoms with Crippen LogP contribution >= 0.6 is 36.8 Å². The molecule has 0 amide bonds. The van der Waals surface area contributed by atoms with Gasteiger partial charge in [-0.2, -0.15) is 0 Å². The number of rotatable bonds is 20. The normalized spacial score (nSPS) is 10.7. The number of halogens is 1. The average molecular weight is 703 g/mol. The van der Waals surface area contributed by atoms with E-state index in [0.717, 1.165) is 52.1 Å². The van der Waals surface area contributed by atoms with Gasteiger partial charge >= 0.3 is 0 Å². The van der Waals surface area contributed by atoms with E-state index in [1.807, 2.05) is 24.3 Å². The van der Waals surface area contributed by atoms with Gasteiger partial charge in [-0.05, 0) is 98.6 Å². The monoisotopic (exact) mass is 702 g/mol. The maximum atomic E-state index is 5.62. The molecular weight excluding hydrogens is 652 g/mol. The third-order valence-corrected chi connectivity index (χ3v) is 8.45. The molecule has 0 atom stereocenters. The quantitative estimate of drug-likeness (QED) is 0.0433. The molecule has 4 rings (SSSR count). The van der Waals surface area contributed by atoms with Gasteiger partial charge in [-0.25, -0.2) is 0 Å². The SMILES string of the molecule is Cl.S=C(NCCCNCCCCCNCCCNC(=S)NC(c1ccccc1)c1ccccc1)NC(c1ccccc1)c1ccccc1. The molecule has 4 aromatic carbocycles. The first-order valence-corrected chi connectivity index (χ1v) is 17.7. The molecule has 0 saturated heterocycles. The van der Waals surface area contributed by atoms with Crippen LogP contribution in [0.1, 0.15) is 66.4 Å². The van der Waals surface area contributed by atoms with Gasteiger partial charge in [0.25, 0.3) is 0 Å². The zero-order valence-electron chi connectivity index (χ0n) is 27.7. The molecule has 0 spiro atoms. The molecule has 0 aliphatic heterocycles. The summed E-state index contributed by atoms with van der Waals surface area (Å²) in [7, 11) is 0. The van der Waals surface area contributed by atoms with Gasteiger partial charge < -0.3 is 31.9 Å². The van der Waals surface area contributed by atoms with Crippen LogP contribution in [-0.4, -0.2) is 49.5 Å². The Morgan fingerprint density at radius 2 is 0.688 bits per heavy atom. The third-order valence-electron chi connectivity index (χ3n) is 7.92. The van der Waals surface area contributed by atoms with Crippen LogP contribution in [0.5, 0.6) is 0 Å². The van der Waals surface area contributed by atoms with Crippen molar-refractivity contribution in [2.24, 2.45) is 0 Å². The predicted molar refractivity (Wildman–Crippen MR) is 213 cm³/mol. The summed E-state index contributed by atoms with van der Waals surface area (Å²) in [4.78, 5) is 0. The largest absolute Gasteiger partial charge is 0.363 e. The summed E-state index contributed by atoms with van der Waals surface area (Å²) in [6.07, 6.45) is 5.65. The van der Waals surface area contributed by atoms with E-state index in [9.17, 15) is 0 Å². The van der Waals surface area contributed by atoms with E-state index in [-0.39, 0.29) is 24.5 Å². The first-order chi connectivity index (χ1) is 23.2. The van der Waals surface area contributed by atoms with Crippen molar-refractivity contribution in [2.75, 3.05) is 39.3 Å². The highest BCUT2D eigenvalue weighted by Crippen LogP contribution is 2.22. The number of hydrogen-bond acceptors (Lipinski definition) is 4. The van der Waals surface area contributed by atoms with E-state index in [1.54, 1.807) is 0 Å². The Morgan fingerprint density at radius 1 is 0.396 bits per heavy atom. The molecule has 6 N–H and O–H groups in total. The van der Waals surface area contributed by atoms with Crippen molar-refractivity contribution in [1.29, 1.82) is 0 Å². The second kappa shape index (κ2) is 23.7. The number of nitrogens with one attached hydrogen (secondary N) is 6. The highest BCUT2D eigenvalue weighted by molar-refractivity contribution is 7.80. The topological polar surface area (TPSA) is 72.2 Å². The lowest BCUT2D eigenvalue weighted by Crippen LogP contribution is -2.39. The van der Waals surface area contributed by atoms with Crippen LogP contribution in [-0.2, 0) is 0 Å². The molecule has 4 aromatic rings. The maximum absolute atomic E-state index is 5.62. The van der Waals surface area contributed by atoms with E-state index >= 15 is 0 Å². The highest BCUT2D eigenvalue weighted by atomic mass is 35.5. The van der Waals surface area contributed by atoms with E-state index in [2.05, 4.69) is 129 Å². The van der Waals surface area contributed by atoms with Gasteiger partial charge in [0.1, 0.15) is 0 Å². The molecule has 0 bridgehead atoms. The fraction of sp³-hybridized carbons (Fsp3) is 0.333. The van der Waals surface area contributed by atoms with Crippen molar-refractivity contribution in [3.8, 4) is 0 Å². The van der Waals surface area contributed by atoms with Crippen molar-refractivity contribution in [3.63, 3.8) is 0 Å². The number of hydrogen-bond donors (Lipinski definition) is 6. The van der Waals surface area contributed by atoms with Crippen molar-refractivity contribution in [1.82, 2.24) is 31.9 Å². The number of thiocarbonyl (C=S) groups is 2. The Morgan fingerprint density at radius 3 is 1.00 bits per heavy atom. The predicted octanol–water partition coefficient (Wildman–Crippen LogP) is 7.05. The molecule has 48 heavy (non-hydrogen) atoms. The fourth-order valence-corrected chi connectivity index (χ4v) is 5.86. The zero-order valence-corrected chi connectivity index (χ0v) is 30.2. The van der Waals surface area contributed by atoms with Gasteiger partial charge in [-0.3, -0.25) is 0 Å². The first kappa shape index (κ1) is 38.9. The Labute approximate surface area is 304 Å². The molecule has 6 nitrogen and oxygen atoms in total. The van der Waals surface area contributed by atoms with Gasteiger partial charge in [-0.1, -0.05) is 128 Å². The minimum atomic E-state index is 0. The molecular formula is C39H51ClN6S2. The molecule has 0 unspecified atom stereocenters. The van der Waals surface area contributed by atoms with E-state index in [1.165, 1.54) is 41.5 Å². The van der Waals surface area contributed by atoms with Crippen LogP contribution in [0.25, 0.3) is 0 Å². The van der Waals surface area contributed by atoms with E-state index in [4.69, 9.17) is 24.4 Å². The van der Waals surface area contributed by atoms with Crippen molar-refractivity contribution >= 4 is 47.1 Å². The van der Waals surface area contributed by atoms with E-state index < -0.39 is 0 Å². The van der Waals surface area contributed by atoms with Crippen LogP contribution in [0.15, 0.2) is 121 Å². The Bertz CT molecular complexity index is 1230. The summed E-state index contributed by atoms with van der Waals surface area (Å²) in [5, 5.41) is 22.3. The van der Waals surface area contributed by atoms with Gasteiger partial charge in [0.05, 0.1) is 12.1 Å². The Balaban J connectivity index is 0.00000625. The van der Waals surface area contributed by atoms with Crippen molar-refractivity contribution < 1.29 is 0 Å². The molecule has 0 aliphatic carbocycles. The molecule has 0 aromatic heterocycles. The summed E-state index contributed by atoms with van der Waals surface area (Å²) in [6.45, 7) is 5.75. The molecule has 0 radical (unpaired) electrons. The van der Waals surface area contributed by atoms with Gasteiger partial charge in [0.2, 0.25) is 0 Å². The lowest BCUT2D eigenvalue weighted by molar-refractivity contribution is 0.557. The minimum absolute atomic E-state index is 0. The molecule has 0 heterocycles. The van der Waals surface area contributed by atoms with E-state index in [0.29, 0.717) is 10.2 Å². The molecule has 256 valence electrons. The van der Waals surface area contributed by atoms with Crippen LogP contribution in [0.2, 0.25) is 0 Å². The second-order valence-corrected chi connectivity index (χ2v) is 12.4. The lowest BCUT2D eigenvalue weighted by atomic mass is 9.99. The molecule has 9 heteroatoms. The van der Waals surface area contributed by atoms with Crippen LogP contribution in [0, 0.1) is 0 Å². The summed E-state index contributed by atoms with van der Waals surface area (Å²) in [6, 6.07) is 41.8. The number of benzene rings is 4. The summed E-state index contributed by atoms with van der Waals surface area (Å²) in [5.41, 5.74) is 4.78. The Kier molecular flexibility index (Phi) is 19.2. The van der Waals surface area contributed by atoms with Gasteiger partial charge in [-0.15, -0.1) is 12.4 Å². The maximum Gasteiger partial charge on any atom is 0.167 e. The van der Waals surface area contributed by atoms with Crippen LogP contribution in [0.4, 0.5) is 0 Å². The van der Waals surface area contributed by atoms with Crippen LogP contribution < -0.4 is 31.9 Å².